The Bertz CT molecular complexity index is 945. The minimum Gasteiger partial charge on any atom is -0.462 e. The number of ether oxygens (including phenoxy) is 1. The standard InChI is InChI=1S/C22H23N3O4S/c1-3-25-20(27)18(14-19(26)23-16-8-6-5-7-9-16)30-22(25)24-17-12-10-15(11-13-17)21(28)29-4-2/h5-13,18H,3-4,14H2,1-2H3,(H,23,26)/t18-/m0/s1. The van der Waals surface area contributed by atoms with E-state index in [1.54, 1.807) is 48.2 Å². The number of carbonyl (C=O) groups is 3. The molecule has 0 aliphatic carbocycles. The number of nitrogens with one attached hydrogen (secondary N) is 1. The third kappa shape index (κ3) is 5.27. The van der Waals surface area contributed by atoms with Crippen molar-refractivity contribution >= 4 is 46.1 Å². The second-order valence-corrected chi connectivity index (χ2v) is 7.64. The molecule has 156 valence electrons. The number of thioether (sulfide) groups is 1. The highest BCUT2D eigenvalue weighted by atomic mass is 32.2. The molecule has 1 atom stereocenters. The maximum atomic E-state index is 12.7. The Morgan fingerprint density at radius 3 is 2.43 bits per heavy atom. The summed E-state index contributed by atoms with van der Waals surface area (Å²) < 4.78 is 4.97. The van der Waals surface area contributed by atoms with Crippen molar-refractivity contribution in [3.8, 4) is 0 Å². The number of amides is 2. The van der Waals surface area contributed by atoms with E-state index in [0.717, 1.165) is 0 Å². The number of esters is 1. The third-order valence-corrected chi connectivity index (χ3v) is 5.54. The zero-order valence-corrected chi connectivity index (χ0v) is 17.6. The summed E-state index contributed by atoms with van der Waals surface area (Å²) in [7, 11) is 0. The summed E-state index contributed by atoms with van der Waals surface area (Å²) >= 11 is 1.28. The first-order valence-corrected chi connectivity index (χ1v) is 10.6. The van der Waals surface area contributed by atoms with E-state index < -0.39 is 5.25 Å². The molecule has 2 aromatic carbocycles. The Labute approximate surface area is 179 Å². The molecule has 3 rings (SSSR count). The lowest BCUT2D eigenvalue weighted by atomic mass is 10.2. The number of aliphatic imine (C=N–C) groups is 1. The van der Waals surface area contributed by atoms with Crippen molar-refractivity contribution in [3.05, 3.63) is 60.2 Å². The zero-order valence-electron chi connectivity index (χ0n) is 16.8. The topological polar surface area (TPSA) is 88.1 Å². The van der Waals surface area contributed by atoms with E-state index in [-0.39, 0.29) is 24.2 Å². The van der Waals surface area contributed by atoms with Crippen LogP contribution in [0.25, 0.3) is 0 Å². The van der Waals surface area contributed by atoms with Gasteiger partial charge < -0.3 is 10.1 Å². The summed E-state index contributed by atoms with van der Waals surface area (Å²) in [5, 5.41) is 2.83. The van der Waals surface area contributed by atoms with Crippen molar-refractivity contribution in [2.75, 3.05) is 18.5 Å². The first-order chi connectivity index (χ1) is 14.5. The molecular formula is C22H23N3O4S. The molecule has 1 aliphatic rings. The van der Waals surface area contributed by atoms with Gasteiger partial charge in [0, 0.05) is 18.7 Å². The Kier molecular flexibility index (Phi) is 7.24. The molecule has 7 nitrogen and oxygen atoms in total. The molecule has 2 aromatic rings. The van der Waals surface area contributed by atoms with Gasteiger partial charge in [-0.15, -0.1) is 0 Å². The second kappa shape index (κ2) is 10.1. The number of benzene rings is 2. The van der Waals surface area contributed by atoms with Gasteiger partial charge in [0.15, 0.2) is 5.17 Å². The Balaban J connectivity index is 1.69. The van der Waals surface area contributed by atoms with Crippen molar-refractivity contribution in [1.82, 2.24) is 4.90 Å². The van der Waals surface area contributed by atoms with Gasteiger partial charge in [0.05, 0.1) is 17.9 Å². The van der Waals surface area contributed by atoms with E-state index >= 15 is 0 Å². The van der Waals surface area contributed by atoms with Gasteiger partial charge in [-0.1, -0.05) is 30.0 Å². The van der Waals surface area contributed by atoms with Crippen molar-refractivity contribution in [2.24, 2.45) is 4.99 Å². The molecule has 1 heterocycles. The summed E-state index contributed by atoms with van der Waals surface area (Å²) in [5.74, 6) is -0.738. The van der Waals surface area contributed by atoms with E-state index in [9.17, 15) is 14.4 Å². The van der Waals surface area contributed by atoms with E-state index in [1.807, 2.05) is 25.1 Å². The Hall–Kier alpha value is -3.13. The van der Waals surface area contributed by atoms with Crippen molar-refractivity contribution in [2.45, 2.75) is 25.5 Å². The lowest BCUT2D eigenvalue weighted by Crippen LogP contribution is -2.33. The van der Waals surface area contributed by atoms with Crippen LogP contribution in [-0.2, 0) is 14.3 Å². The van der Waals surface area contributed by atoms with Crippen LogP contribution in [0.2, 0.25) is 0 Å². The van der Waals surface area contributed by atoms with Gasteiger partial charge in [-0.2, -0.15) is 0 Å². The van der Waals surface area contributed by atoms with Crippen LogP contribution in [0.15, 0.2) is 59.6 Å². The van der Waals surface area contributed by atoms with Gasteiger partial charge in [-0.25, -0.2) is 9.79 Å². The molecule has 0 saturated carbocycles. The van der Waals surface area contributed by atoms with Crippen LogP contribution < -0.4 is 5.32 Å². The highest BCUT2D eigenvalue weighted by molar-refractivity contribution is 8.15. The van der Waals surface area contributed by atoms with Crippen molar-refractivity contribution in [1.29, 1.82) is 0 Å². The van der Waals surface area contributed by atoms with Crippen LogP contribution in [0, 0.1) is 0 Å². The minimum absolute atomic E-state index is 0.0652. The van der Waals surface area contributed by atoms with E-state index in [2.05, 4.69) is 10.3 Å². The number of rotatable bonds is 7. The molecular weight excluding hydrogens is 402 g/mol. The van der Waals surface area contributed by atoms with Crippen LogP contribution in [-0.4, -0.2) is 46.3 Å². The summed E-state index contributed by atoms with van der Waals surface area (Å²) in [6, 6.07) is 15.8. The fourth-order valence-electron chi connectivity index (χ4n) is 2.91. The Morgan fingerprint density at radius 2 is 1.80 bits per heavy atom. The largest absolute Gasteiger partial charge is 0.462 e. The van der Waals surface area contributed by atoms with E-state index in [0.29, 0.717) is 35.3 Å². The first-order valence-electron chi connectivity index (χ1n) is 9.70. The SMILES string of the molecule is CCOC(=O)c1ccc(N=C2S[C@@H](CC(=O)Nc3ccccc3)C(=O)N2CC)cc1. The van der Waals surface area contributed by atoms with Crippen LogP contribution >= 0.6 is 11.8 Å². The number of anilines is 1. The molecule has 1 N–H and O–H groups in total. The molecule has 0 bridgehead atoms. The minimum atomic E-state index is -0.522. The second-order valence-electron chi connectivity index (χ2n) is 6.47. The van der Waals surface area contributed by atoms with Gasteiger partial charge in [-0.3, -0.25) is 14.5 Å². The van der Waals surface area contributed by atoms with Gasteiger partial charge in [0.1, 0.15) is 5.25 Å². The zero-order chi connectivity index (χ0) is 21.5. The summed E-state index contributed by atoms with van der Waals surface area (Å²) in [6.07, 6.45) is 0.0652. The fourth-order valence-corrected chi connectivity index (χ4v) is 4.14. The Morgan fingerprint density at radius 1 is 1.10 bits per heavy atom. The predicted octanol–water partition coefficient (Wildman–Crippen LogP) is 3.84. The number of amidine groups is 1. The molecule has 1 saturated heterocycles. The molecule has 1 aliphatic heterocycles. The number of hydrogen-bond donors (Lipinski definition) is 1. The molecule has 0 unspecified atom stereocenters. The average Bonchev–Trinajstić information content (AvgIpc) is 3.03. The molecule has 8 heteroatoms. The quantitative estimate of drug-likeness (QED) is 0.681. The summed E-state index contributed by atoms with van der Waals surface area (Å²) in [5.41, 5.74) is 1.76. The number of carbonyl (C=O) groups excluding carboxylic acids is 3. The molecule has 30 heavy (non-hydrogen) atoms. The highest BCUT2D eigenvalue weighted by Gasteiger charge is 2.38. The number of hydrogen-bond acceptors (Lipinski definition) is 6. The van der Waals surface area contributed by atoms with Crippen LogP contribution in [0.3, 0.4) is 0 Å². The summed E-state index contributed by atoms with van der Waals surface area (Å²) in [4.78, 5) is 43.0. The summed E-state index contributed by atoms with van der Waals surface area (Å²) in [6.45, 7) is 4.39. The van der Waals surface area contributed by atoms with Gasteiger partial charge in [0.2, 0.25) is 11.8 Å². The normalized spacial score (nSPS) is 17.3. The van der Waals surface area contributed by atoms with E-state index in [1.165, 1.54) is 11.8 Å². The number of nitrogens with zero attached hydrogens (tertiary/aromatic N) is 2. The first kappa shape index (κ1) is 21.6. The monoisotopic (exact) mass is 425 g/mol. The maximum Gasteiger partial charge on any atom is 0.338 e. The fraction of sp³-hybridized carbons (Fsp3) is 0.273. The molecule has 1 fully saturated rings. The van der Waals surface area contributed by atoms with E-state index in [4.69, 9.17) is 4.74 Å². The van der Waals surface area contributed by atoms with Crippen LogP contribution in [0.4, 0.5) is 11.4 Å². The van der Waals surface area contributed by atoms with Gasteiger partial charge >= 0.3 is 5.97 Å². The average molecular weight is 426 g/mol. The third-order valence-electron chi connectivity index (χ3n) is 4.37. The van der Waals surface area contributed by atoms with Crippen molar-refractivity contribution in [3.63, 3.8) is 0 Å². The molecule has 2 amide bonds. The maximum absolute atomic E-state index is 12.7. The lowest BCUT2D eigenvalue weighted by Gasteiger charge is -2.13. The van der Waals surface area contributed by atoms with Crippen molar-refractivity contribution < 1.29 is 19.1 Å². The molecule has 0 aromatic heterocycles. The molecule has 0 spiro atoms. The lowest BCUT2D eigenvalue weighted by molar-refractivity contribution is -0.128. The number of para-hydroxylation sites is 1. The van der Waals surface area contributed by atoms with Gasteiger partial charge in [-0.05, 0) is 50.2 Å². The van der Waals surface area contributed by atoms with Gasteiger partial charge in [0.25, 0.3) is 0 Å². The van der Waals surface area contributed by atoms with Crippen LogP contribution in [0.5, 0.6) is 0 Å². The van der Waals surface area contributed by atoms with Crippen LogP contribution in [0.1, 0.15) is 30.6 Å². The predicted molar refractivity (Wildman–Crippen MR) is 118 cm³/mol. The smallest absolute Gasteiger partial charge is 0.338 e. The molecule has 0 radical (unpaired) electrons. The highest BCUT2D eigenvalue weighted by Crippen LogP contribution is 2.31.